The van der Waals surface area contributed by atoms with Crippen molar-refractivity contribution in [2.45, 2.75) is 37.8 Å². The van der Waals surface area contributed by atoms with Gasteiger partial charge in [0.25, 0.3) is 0 Å². The Balaban J connectivity index is 4.10. The van der Waals surface area contributed by atoms with E-state index in [2.05, 4.69) is 76.0 Å². The molecular formula is C18H42N4O. The van der Waals surface area contributed by atoms with E-state index >= 15 is 0 Å². The molecule has 0 aliphatic carbocycles. The minimum atomic E-state index is 0.513. The highest BCUT2D eigenvalue weighted by Gasteiger charge is 2.15. The summed E-state index contributed by atoms with van der Waals surface area (Å²) in [5.74, 6) is 0. The zero-order chi connectivity index (χ0) is 17.8. The molecule has 0 N–H and O–H groups in total. The topological polar surface area (TPSA) is 22.2 Å². The fraction of sp³-hybridized carbons (Fsp3) is 1.00. The summed E-state index contributed by atoms with van der Waals surface area (Å²) < 4.78 is 6.09. The Labute approximate surface area is 145 Å². The summed E-state index contributed by atoms with van der Waals surface area (Å²) in [7, 11) is 17.2. The van der Waals surface area contributed by atoms with Gasteiger partial charge in [0.1, 0.15) is 0 Å². The van der Waals surface area contributed by atoms with Gasteiger partial charge < -0.3 is 24.3 Å². The van der Waals surface area contributed by atoms with Crippen molar-refractivity contribution in [1.29, 1.82) is 0 Å². The Bertz CT molecular complexity index is 244. The van der Waals surface area contributed by atoms with Crippen molar-refractivity contribution >= 4 is 0 Å². The Morgan fingerprint density at radius 3 is 1.22 bits per heavy atom. The van der Waals surface area contributed by atoms with Crippen molar-refractivity contribution in [2.75, 3.05) is 82.7 Å². The number of hydrogen-bond acceptors (Lipinski definition) is 5. The monoisotopic (exact) mass is 330 g/mol. The lowest BCUT2D eigenvalue weighted by Crippen LogP contribution is -2.37. The predicted octanol–water partition coefficient (Wildman–Crippen LogP) is 1.55. The second kappa shape index (κ2) is 13.1. The van der Waals surface area contributed by atoms with Crippen LogP contribution in [0.2, 0.25) is 0 Å². The van der Waals surface area contributed by atoms with Crippen molar-refractivity contribution in [3.05, 3.63) is 0 Å². The van der Waals surface area contributed by atoms with Gasteiger partial charge in [-0.15, -0.1) is 0 Å². The first-order valence-corrected chi connectivity index (χ1v) is 8.94. The minimum absolute atomic E-state index is 0.513. The molecule has 0 amide bonds. The Morgan fingerprint density at radius 1 is 0.609 bits per heavy atom. The fourth-order valence-electron chi connectivity index (χ4n) is 2.61. The van der Waals surface area contributed by atoms with E-state index in [1.54, 1.807) is 0 Å². The smallest absolute Gasteiger partial charge is 0.0622 e. The van der Waals surface area contributed by atoms with E-state index in [1.165, 1.54) is 25.7 Å². The third-order valence-corrected chi connectivity index (χ3v) is 4.37. The summed E-state index contributed by atoms with van der Waals surface area (Å²) in [6.45, 7) is 3.96. The van der Waals surface area contributed by atoms with Crippen molar-refractivity contribution in [3.8, 4) is 0 Å². The number of likely N-dealkylation sites (N-methyl/N-ethyl adjacent to an activating group) is 2. The maximum Gasteiger partial charge on any atom is 0.0622 e. The normalized spacial score (nSPS) is 15.1. The average molecular weight is 331 g/mol. The van der Waals surface area contributed by atoms with Gasteiger partial charge in [0.05, 0.1) is 13.2 Å². The fourth-order valence-corrected chi connectivity index (χ4v) is 2.61. The minimum Gasteiger partial charge on any atom is -0.378 e. The summed E-state index contributed by atoms with van der Waals surface area (Å²) >= 11 is 0. The molecule has 0 rings (SSSR count). The third-order valence-electron chi connectivity index (χ3n) is 4.37. The largest absolute Gasteiger partial charge is 0.378 e. The van der Waals surface area contributed by atoms with Gasteiger partial charge in [0, 0.05) is 12.1 Å². The van der Waals surface area contributed by atoms with Gasteiger partial charge in [-0.25, -0.2) is 0 Å². The van der Waals surface area contributed by atoms with Gasteiger partial charge in [-0.2, -0.15) is 0 Å². The Kier molecular flexibility index (Phi) is 13.0. The summed E-state index contributed by atoms with van der Waals surface area (Å²) in [6, 6.07) is 1.03. The van der Waals surface area contributed by atoms with E-state index in [0.29, 0.717) is 12.1 Å². The van der Waals surface area contributed by atoms with Crippen LogP contribution in [-0.2, 0) is 4.74 Å². The molecule has 2 unspecified atom stereocenters. The molecule has 2 atom stereocenters. The molecule has 0 aromatic heterocycles. The highest BCUT2D eigenvalue weighted by molar-refractivity contribution is 4.70. The number of hydrogen-bond donors (Lipinski definition) is 0. The summed E-state index contributed by atoms with van der Waals surface area (Å²) in [5.41, 5.74) is 0. The maximum atomic E-state index is 6.09. The van der Waals surface area contributed by atoms with E-state index < -0.39 is 0 Å². The molecule has 140 valence electrons. The maximum absolute atomic E-state index is 6.09. The van der Waals surface area contributed by atoms with Crippen LogP contribution in [0.25, 0.3) is 0 Å². The van der Waals surface area contributed by atoms with Crippen LogP contribution >= 0.6 is 0 Å². The average Bonchev–Trinajstić information content (AvgIpc) is 2.42. The molecule has 0 bridgehead atoms. The molecule has 0 heterocycles. The summed E-state index contributed by atoms with van der Waals surface area (Å²) in [6.07, 6.45) is 4.83. The molecule has 0 saturated heterocycles. The van der Waals surface area contributed by atoms with Gasteiger partial charge in [0.15, 0.2) is 0 Å². The molecule has 5 heteroatoms. The van der Waals surface area contributed by atoms with Crippen LogP contribution in [0.15, 0.2) is 0 Å². The molecule has 23 heavy (non-hydrogen) atoms. The molecule has 0 aliphatic rings. The molecular weight excluding hydrogens is 288 g/mol. The van der Waals surface area contributed by atoms with E-state index in [9.17, 15) is 0 Å². The molecule has 0 aromatic rings. The first kappa shape index (κ1) is 22.8. The van der Waals surface area contributed by atoms with Gasteiger partial charge in [-0.3, -0.25) is 0 Å². The van der Waals surface area contributed by atoms with E-state index in [1.807, 2.05) is 0 Å². The van der Waals surface area contributed by atoms with Crippen LogP contribution in [0.1, 0.15) is 25.7 Å². The second-order valence-corrected chi connectivity index (χ2v) is 7.66. The van der Waals surface area contributed by atoms with Gasteiger partial charge >= 0.3 is 0 Å². The first-order valence-electron chi connectivity index (χ1n) is 8.94. The molecule has 0 fully saturated rings. The van der Waals surface area contributed by atoms with Gasteiger partial charge in [0.2, 0.25) is 0 Å². The van der Waals surface area contributed by atoms with Gasteiger partial charge in [-0.1, -0.05) is 0 Å². The molecule has 0 spiro atoms. The lowest BCUT2D eigenvalue weighted by Gasteiger charge is -2.28. The second-order valence-electron chi connectivity index (χ2n) is 7.66. The van der Waals surface area contributed by atoms with Crippen LogP contribution in [0.5, 0.6) is 0 Å². The quantitative estimate of drug-likeness (QED) is 0.481. The lowest BCUT2D eigenvalue weighted by atomic mass is 10.1. The SMILES string of the molecule is CN(C)CCCC(COCC(CCCN(C)C)N(C)C)N(C)C. The molecule has 0 radical (unpaired) electrons. The summed E-state index contributed by atoms with van der Waals surface area (Å²) in [5, 5.41) is 0. The zero-order valence-corrected chi connectivity index (χ0v) is 17.0. The number of nitrogens with zero attached hydrogens (tertiary/aromatic N) is 4. The zero-order valence-electron chi connectivity index (χ0n) is 17.0. The van der Waals surface area contributed by atoms with E-state index in [4.69, 9.17) is 4.74 Å². The molecule has 5 nitrogen and oxygen atoms in total. The molecule has 0 aromatic carbocycles. The Morgan fingerprint density at radius 2 is 0.957 bits per heavy atom. The predicted molar refractivity (Wildman–Crippen MR) is 101 cm³/mol. The van der Waals surface area contributed by atoms with Gasteiger partial charge in [-0.05, 0) is 95.2 Å². The lowest BCUT2D eigenvalue weighted by molar-refractivity contribution is 0.0382. The van der Waals surface area contributed by atoms with Crippen LogP contribution in [0.3, 0.4) is 0 Å². The molecule has 0 saturated carbocycles. The highest BCUT2D eigenvalue weighted by Crippen LogP contribution is 2.08. The van der Waals surface area contributed by atoms with Crippen LogP contribution in [0, 0.1) is 0 Å². The third kappa shape index (κ3) is 12.8. The first-order chi connectivity index (χ1) is 10.7. The number of rotatable bonds is 14. The van der Waals surface area contributed by atoms with Crippen molar-refractivity contribution < 1.29 is 4.74 Å². The summed E-state index contributed by atoms with van der Waals surface area (Å²) in [4.78, 5) is 9.10. The van der Waals surface area contributed by atoms with E-state index in [0.717, 1.165) is 26.3 Å². The van der Waals surface area contributed by atoms with Crippen LogP contribution in [0.4, 0.5) is 0 Å². The Hall–Kier alpha value is -0.200. The number of ether oxygens (including phenoxy) is 1. The standard InChI is InChI=1S/C18H42N4O/c1-19(2)13-9-11-17(21(5)6)15-23-16-18(22(7)8)12-10-14-20(3)4/h17-18H,9-16H2,1-8H3. The van der Waals surface area contributed by atoms with Crippen LogP contribution < -0.4 is 0 Å². The van der Waals surface area contributed by atoms with Crippen LogP contribution in [-0.4, -0.2) is 114 Å². The van der Waals surface area contributed by atoms with Crippen molar-refractivity contribution in [3.63, 3.8) is 0 Å². The van der Waals surface area contributed by atoms with Crippen molar-refractivity contribution in [1.82, 2.24) is 19.6 Å². The molecule has 0 aliphatic heterocycles. The van der Waals surface area contributed by atoms with Crippen molar-refractivity contribution in [2.24, 2.45) is 0 Å². The highest BCUT2D eigenvalue weighted by atomic mass is 16.5. The van der Waals surface area contributed by atoms with E-state index in [-0.39, 0.29) is 0 Å².